The van der Waals surface area contributed by atoms with E-state index in [1.54, 1.807) is 0 Å². The summed E-state index contributed by atoms with van der Waals surface area (Å²) in [5.74, 6) is -0.0199. The summed E-state index contributed by atoms with van der Waals surface area (Å²) in [6.45, 7) is 1.25. The van der Waals surface area contributed by atoms with Gasteiger partial charge in [0.05, 0.1) is 18.0 Å². The summed E-state index contributed by atoms with van der Waals surface area (Å²) in [4.78, 5) is 26.3. The van der Waals surface area contributed by atoms with Crippen LogP contribution in [0, 0.1) is 22.7 Å². The Morgan fingerprint density at radius 2 is 2.11 bits per heavy atom. The third-order valence-electron chi connectivity index (χ3n) is 4.94. The van der Waals surface area contributed by atoms with E-state index < -0.39 is 5.41 Å². The van der Waals surface area contributed by atoms with Crippen molar-refractivity contribution in [1.82, 2.24) is 10.2 Å². The molecule has 19 heavy (non-hydrogen) atoms. The van der Waals surface area contributed by atoms with E-state index >= 15 is 0 Å². The first-order chi connectivity index (χ1) is 9.18. The normalized spacial score (nSPS) is 32.6. The molecule has 2 saturated heterocycles. The highest BCUT2D eigenvalue weighted by molar-refractivity contribution is 5.88. The monoisotopic (exact) mass is 261 g/mol. The number of nitrogens with one attached hydrogen (secondary N) is 1. The van der Waals surface area contributed by atoms with E-state index in [0.29, 0.717) is 25.9 Å². The Balaban J connectivity index is 1.83. The lowest BCUT2D eigenvalue weighted by atomic mass is 9.83. The van der Waals surface area contributed by atoms with Crippen molar-refractivity contribution >= 4 is 11.8 Å². The van der Waals surface area contributed by atoms with E-state index in [4.69, 9.17) is 0 Å². The van der Waals surface area contributed by atoms with E-state index in [0.717, 1.165) is 25.7 Å². The molecular formula is C14H19N3O2. The van der Waals surface area contributed by atoms with Gasteiger partial charge in [-0.1, -0.05) is 12.8 Å². The van der Waals surface area contributed by atoms with Gasteiger partial charge in [0.2, 0.25) is 11.8 Å². The van der Waals surface area contributed by atoms with E-state index in [1.807, 2.05) is 4.90 Å². The van der Waals surface area contributed by atoms with Gasteiger partial charge in [-0.25, -0.2) is 0 Å². The van der Waals surface area contributed by atoms with Gasteiger partial charge in [0.1, 0.15) is 5.41 Å². The van der Waals surface area contributed by atoms with Crippen LogP contribution in [0.4, 0.5) is 0 Å². The molecule has 0 radical (unpaired) electrons. The van der Waals surface area contributed by atoms with Crippen LogP contribution >= 0.6 is 0 Å². The molecule has 0 aromatic heterocycles. The van der Waals surface area contributed by atoms with Gasteiger partial charge >= 0.3 is 0 Å². The van der Waals surface area contributed by atoms with Crippen molar-refractivity contribution in [2.24, 2.45) is 11.3 Å². The van der Waals surface area contributed by atoms with Gasteiger partial charge in [0.15, 0.2) is 0 Å². The van der Waals surface area contributed by atoms with Crippen molar-refractivity contribution in [1.29, 1.82) is 5.26 Å². The SMILES string of the molecule is N#CC1(C(=O)N2CCCC3C(=O)NCC32)CCCC1. The molecule has 1 saturated carbocycles. The van der Waals surface area contributed by atoms with Crippen LogP contribution < -0.4 is 5.32 Å². The standard InChI is InChI=1S/C14H19N3O2/c15-9-14(5-1-2-6-14)13(19)17-7-3-4-10-11(17)8-16-12(10)18/h10-11H,1-8H2,(H,16,18). The van der Waals surface area contributed by atoms with Crippen molar-refractivity contribution in [3.63, 3.8) is 0 Å². The number of piperidine rings is 1. The Kier molecular flexibility index (Phi) is 2.96. The van der Waals surface area contributed by atoms with Crippen LogP contribution in [-0.2, 0) is 9.59 Å². The van der Waals surface area contributed by atoms with Gasteiger partial charge in [-0.05, 0) is 25.7 Å². The molecule has 3 rings (SSSR count). The second-order valence-electron chi connectivity index (χ2n) is 5.96. The van der Waals surface area contributed by atoms with Gasteiger partial charge in [0.25, 0.3) is 0 Å². The van der Waals surface area contributed by atoms with Crippen LogP contribution in [0.5, 0.6) is 0 Å². The molecule has 0 spiro atoms. The van der Waals surface area contributed by atoms with Gasteiger partial charge < -0.3 is 10.2 Å². The van der Waals surface area contributed by atoms with Crippen molar-refractivity contribution in [3.8, 4) is 6.07 Å². The van der Waals surface area contributed by atoms with Crippen LogP contribution in [0.15, 0.2) is 0 Å². The highest BCUT2D eigenvalue weighted by Crippen LogP contribution is 2.41. The maximum atomic E-state index is 12.8. The molecule has 3 aliphatic rings. The van der Waals surface area contributed by atoms with Crippen molar-refractivity contribution in [2.75, 3.05) is 13.1 Å². The Morgan fingerprint density at radius 1 is 1.37 bits per heavy atom. The van der Waals surface area contributed by atoms with Crippen LogP contribution in [0.3, 0.4) is 0 Å². The molecule has 2 atom stereocenters. The number of hydrogen-bond donors (Lipinski definition) is 1. The van der Waals surface area contributed by atoms with Gasteiger partial charge in [-0.2, -0.15) is 5.26 Å². The number of hydrogen-bond acceptors (Lipinski definition) is 3. The number of carbonyl (C=O) groups is 2. The molecular weight excluding hydrogens is 242 g/mol. The topological polar surface area (TPSA) is 73.2 Å². The molecule has 0 aromatic carbocycles. The highest BCUT2D eigenvalue weighted by atomic mass is 16.2. The lowest BCUT2D eigenvalue weighted by Crippen LogP contribution is -2.53. The Bertz CT molecular complexity index is 448. The number of likely N-dealkylation sites (tertiary alicyclic amines) is 1. The number of nitriles is 1. The molecule has 5 heteroatoms. The minimum atomic E-state index is -0.812. The third kappa shape index (κ3) is 1.81. The molecule has 0 aromatic rings. The molecule has 1 aliphatic carbocycles. The molecule has 1 N–H and O–H groups in total. The maximum absolute atomic E-state index is 12.8. The fraction of sp³-hybridized carbons (Fsp3) is 0.786. The van der Waals surface area contributed by atoms with Gasteiger partial charge in [0, 0.05) is 13.1 Å². The molecule has 2 heterocycles. The largest absolute Gasteiger partial charge is 0.354 e. The summed E-state index contributed by atoms with van der Waals surface area (Å²) in [5.41, 5.74) is -0.812. The summed E-state index contributed by atoms with van der Waals surface area (Å²) >= 11 is 0. The second-order valence-corrected chi connectivity index (χ2v) is 5.96. The van der Waals surface area contributed by atoms with Crippen molar-refractivity contribution < 1.29 is 9.59 Å². The maximum Gasteiger partial charge on any atom is 0.243 e. The molecule has 102 valence electrons. The van der Waals surface area contributed by atoms with Crippen molar-refractivity contribution in [3.05, 3.63) is 0 Å². The molecule has 0 bridgehead atoms. The van der Waals surface area contributed by atoms with E-state index in [1.165, 1.54) is 0 Å². The van der Waals surface area contributed by atoms with Crippen LogP contribution in [0.25, 0.3) is 0 Å². The Hall–Kier alpha value is -1.57. The zero-order valence-electron chi connectivity index (χ0n) is 11.0. The number of fused-ring (bicyclic) bond motifs is 1. The second kappa shape index (κ2) is 4.52. The van der Waals surface area contributed by atoms with Gasteiger partial charge in [-0.3, -0.25) is 9.59 Å². The average molecular weight is 261 g/mol. The zero-order valence-corrected chi connectivity index (χ0v) is 11.0. The Morgan fingerprint density at radius 3 is 2.79 bits per heavy atom. The summed E-state index contributed by atoms with van der Waals surface area (Å²) in [6, 6.07) is 2.24. The first kappa shape index (κ1) is 12.5. The fourth-order valence-corrected chi connectivity index (χ4v) is 3.83. The summed E-state index contributed by atoms with van der Waals surface area (Å²) < 4.78 is 0. The molecule has 2 unspecified atom stereocenters. The zero-order chi connectivity index (χ0) is 13.5. The van der Waals surface area contributed by atoms with E-state index in [2.05, 4.69) is 11.4 Å². The first-order valence-corrected chi connectivity index (χ1v) is 7.18. The number of amides is 2. The number of carbonyl (C=O) groups excluding carboxylic acids is 2. The summed E-state index contributed by atoms with van der Waals surface area (Å²) in [7, 11) is 0. The summed E-state index contributed by atoms with van der Waals surface area (Å²) in [5, 5.41) is 12.3. The highest BCUT2D eigenvalue weighted by Gasteiger charge is 2.49. The van der Waals surface area contributed by atoms with Crippen LogP contribution in [0.2, 0.25) is 0 Å². The minimum Gasteiger partial charge on any atom is -0.354 e. The number of nitrogens with zero attached hydrogens (tertiary/aromatic N) is 2. The third-order valence-corrected chi connectivity index (χ3v) is 4.94. The first-order valence-electron chi connectivity index (χ1n) is 7.18. The van der Waals surface area contributed by atoms with E-state index in [9.17, 15) is 14.9 Å². The van der Waals surface area contributed by atoms with Gasteiger partial charge in [-0.15, -0.1) is 0 Å². The Labute approximate surface area is 112 Å². The molecule has 3 fully saturated rings. The number of rotatable bonds is 1. The smallest absolute Gasteiger partial charge is 0.243 e. The fourth-order valence-electron chi connectivity index (χ4n) is 3.83. The van der Waals surface area contributed by atoms with Crippen LogP contribution in [-0.4, -0.2) is 35.8 Å². The predicted octanol–water partition coefficient (Wildman–Crippen LogP) is 0.807. The lowest BCUT2D eigenvalue weighted by Gasteiger charge is -2.39. The van der Waals surface area contributed by atoms with E-state index in [-0.39, 0.29) is 23.8 Å². The van der Waals surface area contributed by atoms with Crippen molar-refractivity contribution in [2.45, 2.75) is 44.6 Å². The quantitative estimate of drug-likeness (QED) is 0.759. The summed E-state index contributed by atoms with van der Waals surface area (Å²) in [6.07, 6.45) is 4.99. The molecule has 2 aliphatic heterocycles. The minimum absolute atomic E-state index is 0.0282. The average Bonchev–Trinajstić information content (AvgIpc) is 3.06. The lowest BCUT2D eigenvalue weighted by molar-refractivity contribution is -0.144. The molecule has 2 amide bonds. The predicted molar refractivity (Wildman–Crippen MR) is 67.7 cm³/mol. The van der Waals surface area contributed by atoms with Crippen LogP contribution in [0.1, 0.15) is 38.5 Å². The molecule has 5 nitrogen and oxygen atoms in total.